The van der Waals surface area contributed by atoms with E-state index in [0.29, 0.717) is 5.69 Å². The van der Waals surface area contributed by atoms with Crippen molar-refractivity contribution >= 4 is 17.8 Å². The van der Waals surface area contributed by atoms with Crippen molar-refractivity contribution in [1.82, 2.24) is 19.7 Å². The van der Waals surface area contributed by atoms with Gasteiger partial charge in [0, 0.05) is 17.8 Å². The van der Waals surface area contributed by atoms with E-state index < -0.39 is 4.92 Å². The fraction of sp³-hybridized carbons (Fsp3) is 0.118. The molecule has 0 bridgehead atoms. The molecule has 0 aromatic carbocycles. The van der Waals surface area contributed by atoms with E-state index in [9.17, 15) is 10.1 Å². The quantitative estimate of drug-likeness (QED) is 0.543. The molecule has 0 atom stereocenters. The van der Waals surface area contributed by atoms with Crippen LogP contribution in [0.2, 0.25) is 0 Å². The van der Waals surface area contributed by atoms with Gasteiger partial charge in [0.1, 0.15) is 6.20 Å². The van der Waals surface area contributed by atoms with Crippen molar-refractivity contribution in [2.45, 2.75) is 13.8 Å². The summed E-state index contributed by atoms with van der Waals surface area (Å²) in [7, 11) is 0. The Hall–Kier alpha value is -3.35. The molecule has 0 aliphatic rings. The van der Waals surface area contributed by atoms with Crippen LogP contribution in [0.25, 0.3) is 18.0 Å². The van der Waals surface area contributed by atoms with Gasteiger partial charge in [-0.1, -0.05) is 6.07 Å². The van der Waals surface area contributed by atoms with E-state index in [1.54, 1.807) is 16.9 Å². The van der Waals surface area contributed by atoms with Crippen LogP contribution in [-0.2, 0) is 0 Å². The third-order valence-corrected chi connectivity index (χ3v) is 3.62. The van der Waals surface area contributed by atoms with Gasteiger partial charge in [-0.3, -0.25) is 10.1 Å². The van der Waals surface area contributed by atoms with Gasteiger partial charge in [-0.05, 0) is 44.2 Å². The lowest BCUT2D eigenvalue weighted by molar-refractivity contribution is -0.385. The van der Waals surface area contributed by atoms with E-state index in [0.717, 1.165) is 22.8 Å². The first-order chi connectivity index (χ1) is 11.6. The Kier molecular flexibility index (Phi) is 4.15. The van der Waals surface area contributed by atoms with E-state index >= 15 is 0 Å². The van der Waals surface area contributed by atoms with Crippen molar-refractivity contribution in [3.05, 3.63) is 75.5 Å². The summed E-state index contributed by atoms with van der Waals surface area (Å²) in [5.41, 5.74) is 3.42. The summed E-state index contributed by atoms with van der Waals surface area (Å²) < 4.78 is 1.79. The Labute approximate surface area is 138 Å². The molecule has 0 radical (unpaired) electrons. The highest BCUT2D eigenvalue weighted by molar-refractivity contribution is 5.70. The largest absolute Gasteiger partial charge is 0.287 e. The molecule has 0 saturated heterocycles. The Balaban J connectivity index is 1.90. The number of pyridine rings is 2. The second-order valence-electron chi connectivity index (χ2n) is 5.22. The van der Waals surface area contributed by atoms with Gasteiger partial charge in [0.2, 0.25) is 0 Å². The Morgan fingerprint density at radius 1 is 1.12 bits per heavy atom. The van der Waals surface area contributed by atoms with Crippen LogP contribution in [0.15, 0.2) is 42.7 Å². The summed E-state index contributed by atoms with van der Waals surface area (Å²) in [4.78, 5) is 18.6. The normalized spacial score (nSPS) is 11.1. The van der Waals surface area contributed by atoms with E-state index in [-0.39, 0.29) is 5.69 Å². The highest BCUT2D eigenvalue weighted by Crippen LogP contribution is 2.19. The van der Waals surface area contributed by atoms with Crippen LogP contribution in [-0.4, -0.2) is 24.7 Å². The van der Waals surface area contributed by atoms with Gasteiger partial charge in [-0.2, -0.15) is 5.10 Å². The molecule has 0 spiro atoms. The van der Waals surface area contributed by atoms with Gasteiger partial charge in [0.25, 0.3) is 5.69 Å². The molecule has 3 rings (SSSR count). The first-order valence-electron chi connectivity index (χ1n) is 7.32. The molecule has 0 amide bonds. The number of hydrogen-bond donors (Lipinski definition) is 0. The predicted octanol–water partition coefficient (Wildman–Crippen LogP) is 3.36. The summed E-state index contributed by atoms with van der Waals surface area (Å²) in [5.74, 6) is 0.756. The molecule has 7 nitrogen and oxygen atoms in total. The third-order valence-electron chi connectivity index (χ3n) is 3.62. The van der Waals surface area contributed by atoms with Gasteiger partial charge in [0.15, 0.2) is 5.82 Å². The SMILES string of the molecule is Cc1nn(-c2ccccn2)c(C)c1/C=C/c1ccc([N+](=O)[O-])cn1. The molecule has 0 aliphatic carbocycles. The molecule has 3 heterocycles. The summed E-state index contributed by atoms with van der Waals surface area (Å²) in [6.45, 7) is 3.90. The smallest absolute Gasteiger partial charge is 0.258 e. The van der Waals surface area contributed by atoms with E-state index in [4.69, 9.17) is 0 Å². The average Bonchev–Trinajstić information content (AvgIpc) is 2.88. The first kappa shape index (κ1) is 15.5. The minimum atomic E-state index is -0.467. The Morgan fingerprint density at radius 3 is 2.58 bits per heavy atom. The molecule has 120 valence electrons. The standard InChI is InChI=1S/C17H15N5O2/c1-12-16(9-7-14-6-8-15(11-19-14)22(23)24)13(2)21(20-12)17-5-3-4-10-18-17/h3-11H,1-2H3/b9-7+. The number of rotatable bonds is 4. The van der Waals surface area contributed by atoms with Crippen LogP contribution in [0.3, 0.4) is 0 Å². The Bertz CT molecular complexity index is 899. The minimum absolute atomic E-state index is 0.0255. The molecule has 0 unspecified atom stereocenters. The van der Waals surface area contributed by atoms with Crippen molar-refractivity contribution in [2.75, 3.05) is 0 Å². The molecule has 3 aromatic rings. The second-order valence-corrected chi connectivity index (χ2v) is 5.22. The van der Waals surface area contributed by atoms with E-state index in [1.807, 2.05) is 44.2 Å². The van der Waals surface area contributed by atoms with Crippen molar-refractivity contribution in [3.8, 4) is 5.82 Å². The van der Waals surface area contributed by atoms with Gasteiger partial charge >= 0.3 is 0 Å². The van der Waals surface area contributed by atoms with Gasteiger partial charge in [-0.25, -0.2) is 14.6 Å². The maximum Gasteiger partial charge on any atom is 0.287 e. The molecular weight excluding hydrogens is 306 g/mol. The zero-order chi connectivity index (χ0) is 17.1. The zero-order valence-corrected chi connectivity index (χ0v) is 13.2. The lowest BCUT2D eigenvalue weighted by Gasteiger charge is -2.02. The number of nitrogens with zero attached hydrogens (tertiary/aromatic N) is 5. The summed E-state index contributed by atoms with van der Waals surface area (Å²) in [6, 6.07) is 8.71. The molecule has 0 N–H and O–H groups in total. The number of hydrogen-bond acceptors (Lipinski definition) is 5. The van der Waals surface area contributed by atoms with E-state index in [2.05, 4.69) is 15.1 Å². The van der Waals surface area contributed by atoms with Crippen molar-refractivity contribution in [1.29, 1.82) is 0 Å². The summed E-state index contributed by atoms with van der Waals surface area (Å²) in [5, 5.41) is 15.2. The second kappa shape index (κ2) is 6.41. The Morgan fingerprint density at radius 2 is 1.96 bits per heavy atom. The highest BCUT2D eigenvalue weighted by atomic mass is 16.6. The van der Waals surface area contributed by atoms with Gasteiger partial charge < -0.3 is 0 Å². The highest BCUT2D eigenvalue weighted by Gasteiger charge is 2.11. The zero-order valence-electron chi connectivity index (χ0n) is 13.2. The predicted molar refractivity (Wildman–Crippen MR) is 90.7 cm³/mol. The maximum absolute atomic E-state index is 10.6. The van der Waals surface area contributed by atoms with Crippen LogP contribution in [0.5, 0.6) is 0 Å². The van der Waals surface area contributed by atoms with Crippen molar-refractivity contribution in [2.24, 2.45) is 0 Å². The van der Waals surface area contributed by atoms with Crippen molar-refractivity contribution in [3.63, 3.8) is 0 Å². The number of aromatic nitrogens is 4. The van der Waals surface area contributed by atoms with Gasteiger partial charge in [-0.15, -0.1) is 0 Å². The molecular formula is C17H15N5O2. The van der Waals surface area contributed by atoms with Crippen molar-refractivity contribution < 1.29 is 4.92 Å². The molecule has 0 saturated carbocycles. The summed E-state index contributed by atoms with van der Waals surface area (Å²) in [6.07, 6.45) is 6.69. The average molecular weight is 321 g/mol. The number of nitro groups is 1. The van der Waals surface area contributed by atoms with Crippen LogP contribution >= 0.6 is 0 Å². The van der Waals surface area contributed by atoms with E-state index in [1.165, 1.54) is 12.3 Å². The maximum atomic E-state index is 10.6. The lowest BCUT2D eigenvalue weighted by atomic mass is 10.1. The van der Waals surface area contributed by atoms with Crippen LogP contribution in [0.1, 0.15) is 22.6 Å². The topological polar surface area (TPSA) is 86.7 Å². The molecule has 0 fully saturated rings. The molecule has 24 heavy (non-hydrogen) atoms. The fourth-order valence-electron chi connectivity index (χ4n) is 2.37. The van der Waals surface area contributed by atoms with Gasteiger partial charge in [0.05, 0.1) is 22.0 Å². The molecule has 3 aromatic heterocycles. The third kappa shape index (κ3) is 3.05. The summed E-state index contributed by atoms with van der Waals surface area (Å²) >= 11 is 0. The molecule has 0 aliphatic heterocycles. The number of aryl methyl sites for hydroxylation is 1. The van der Waals surface area contributed by atoms with Crippen LogP contribution < -0.4 is 0 Å². The van der Waals surface area contributed by atoms with Crippen LogP contribution in [0.4, 0.5) is 5.69 Å². The lowest BCUT2D eigenvalue weighted by Crippen LogP contribution is -2.01. The van der Waals surface area contributed by atoms with Crippen LogP contribution in [0, 0.1) is 24.0 Å². The fourth-order valence-corrected chi connectivity index (χ4v) is 2.37. The monoisotopic (exact) mass is 321 g/mol. The first-order valence-corrected chi connectivity index (χ1v) is 7.32. The minimum Gasteiger partial charge on any atom is -0.258 e. The molecule has 7 heteroatoms.